The molecule has 4 rings (SSSR count). The van der Waals surface area contributed by atoms with Crippen molar-refractivity contribution in [3.8, 4) is 21.9 Å². The van der Waals surface area contributed by atoms with Crippen LogP contribution < -0.4 is 10.3 Å². The molecule has 0 bridgehead atoms. The zero-order valence-corrected chi connectivity index (χ0v) is 18.2. The highest BCUT2D eigenvalue weighted by molar-refractivity contribution is 7.22. The van der Waals surface area contributed by atoms with Crippen molar-refractivity contribution in [2.24, 2.45) is 0 Å². The van der Waals surface area contributed by atoms with E-state index in [9.17, 15) is 9.90 Å². The minimum atomic E-state index is -0.378. The summed E-state index contributed by atoms with van der Waals surface area (Å²) >= 11 is 7.40. The number of hydrogen-bond acceptors (Lipinski definition) is 5. The average molecular weight is 441 g/mol. The van der Waals surface area contributed by atoms with Gasteiger partial charge in [-0.1, -0.05) is 29.8 Å². The van der Waals surface area contributed by atoms with E-state index < -0.39 is 0 Å². The minimum absolute atomic E-state index is 0.121. The lowest BCUT2D eigenvalue weighted by Gasteiger charge is -2.12. The first kappa shape index (κ1) is 20.6. The fourth-order valence-electron chi connectivity index (χ4n) is 3.31. The molecule has 0 aliphatic heterocycles. The molecule has 2 heterocycles. The fraction of sp³-hybridized carbons (Fsp3) is 0.217. The van der Waals surface area contributed by atoms with Crippen LogP contribution in [-0.4, -0.2) is 27.9 Å². The average Bonchev–Trinajstić information content (AvgIpc) is 3.18. The van der Waals surface area contributed by atoms with Gasteiger partial charge in [-0.25, -0.2) is 4.98 Å². The summed E-state index contributed by atoms with van der Waals surface area (Å²) < 4.78 is 7.64. The van der Waals surface area contributed by atoms with E-state index in [0.717, 1.165) is 16.0 Å². The van der Waals surface area contributed by atoms with Gasteiger partial charge in [0.15, 0.2) is 0 Å². The van der Waals surface area contributed by atoms with Crippen LogP contribution in [0.4, 0.5) is 0 Å². The van der Waals surface area contributed by atoms with E-state index in [0.29, 0.717) is 39.5 Å². The second kappa shape index (κ2) is 8.60. The van der Waals surface area contributed by atoms with Crippen molar-refractivity contribution in [1.29, 1.82) is 0 Å². The summed E-state index contributed by atoms with van der Waals surface area (Å²) in [7, 11) is 1.60. The van der Waals surface area contributed by atoms with Crippen molar-refractivity contribution in [3.05, 3.63) is 75.8 Å². The Morgan fingerprint density at radius 3 is 2.67 bits per heavy atom. The molecule has 0 amide bonds. The van der Waals surface area contributed by atoms with Gasteiger partial charge < -0.3 is 9.84 Å². The van der Waals surface area contributed by atoms with Crippen molar-refractivity contribution in [2.45, 2.75) is 25.9 Å². The van der Waals surface area contributed by atoms with E-state index in [1.807, 2.05) is 48.5 Å². The Balaban J connectivity index is 1.73. The molecule has 0 saturated heterocycles. The lowest BCUT2D eigenvalue weighted by molar-refractivity contribution is 0.184. The summed E-state index contributed by atoms with van der Waals surface area (Å²) in [5, 5.41) is 10.2. The van der Waals surface area contributed by atoms with E-state index in [1.54, 1.807) is 20.4 Å². The van der Waals surface area contributed by atoms with Crippen molar-refractivity contribution >= 4 is 33.2 Å². The summed E-state index contributed by atoms with van der Waals surface area (Å²) in [5.74, 6) is 0.688. The standard InChI is InChI=1S/C23H21ClN2O3S/c1-14(27)3-4-15-7-10-18(11-20(15)29-2)26-13-25-19-12-21(30-22(19)23(26)28)16-5-8-17(24)9-6-16/h5-14,27H,3-4H2,1-2H3. The van der Waals surface area contributed by atoms with Crippen LogP contribution in [0.2, 0.25) is 5.02 Å². The maximum absolute atomic E-state index is 13.2. The number of benzene rings is 2. The minimum Gasteiger partial charge on any atom is -0.496 e. The van der Waals surface area contributed by atoms with Gasteiger partial charge in [0.2, 0.25) is 0 Å². The van der Waals surface area contributed by atoms with Gasteiger partial charge in [-0.15, -0.1) is 11.3 Å². The van der Waals surface area contributed by atoms with Gasteiger partial charge in [-0.2, -0.15) is 0 Å². The first-order valence-electron chi connectivity index (χ1n) is 9.59. The molecule has 0 fully saturated rings. The van der Waals surface area contributed by atoms with Crippen LogP contribution in [0.1, 0.15) is 18.9 Å². The Morgan fingerprint density at radius 2 is 1.97 bits per heavy atom. The Bertz CT molecular complexity index is 1250. The zero-order valence-electron chi connectivity index (χ0n) is 16.6. The molecule has 0 radical (unpaired) electrons. The Labute approximate surface area is 183 Å². The SMILES string of the molecule is COc1cc(-n2cnc3cc(-c4ccc(Cl)cc4)sc3c2=O)ccc1CCC(C)O. The summed E-state index contributed by atoms with van der Waals surface area (Å²) in [5.41, 5.74) is 3.23. The van der Waals surface area contributed by atoms with Crippen LogP contribution in [0.5, 0.6) is 5.75 Å². The number of aliphatic hydroxyl groups is 1. The molecule has 1 atom stereocenters. The number of aliphatic hydroxyl groups excluding tert-OH is 1. The van der Waals surface area contributed by atoms with Crippen LogP contribution >= 0.6 is 22.9 Å². The molecule has 0 spiro atoms. The third-order valence-corrected chi connectivity index (χ3v) is 6.36. The van der Waals surface area contributed by atoms with Gasteiger partial charge in [0, 0.05) is 16.0 Å². The Kier molecular flexibility index (Phi) is 5.90. The van der Waals surface area contributed by atoms with Crippen molar-refractivity contribution < 1.29 is 9.84 Å². The van der Waals surface area contributed by atoms with Crippen LogP contribution in [-0.2, 0) is 6.42 Å². The van der Waals surface area contributed by atoms with Crippen molar-refractivity contribution in [1.82, 2.24) is 9.55 Å². The van der Waals surface area contributed by atoms with E-state index in [4.69, 9.17) is 16.3 Å². The van der Waals surface area contributed by atoms with E-state index in [2.05, 4.69) is 4.98 Å². The second-order valence-electron chi connectivity index (χ2n) is 7.14. The number of thiophene rings is 1. The molecule has 0 aliphatic carbocycles. The molecule has 2 aromatic carbocycles. The number of rotatable bonds is 6. The number of fused-ring (bicyclic) bond motifs is 1. The first-order chi connectivity index (χ1) is 14.5. The number of aromatic nitrogens is 2. The molecule has 0 aliphatic rings. The maximum atomic E-state index is 13.2. The summed E-state index contributed by atoms with van der Waals surface area (Å²) in [6, 6.07) is 15.1. The highest BCUT2D eigenvalue weighted by Gasteiger charge is 2.13. The molecule has 1 unspecified atom stereocenters. The second-order valence-corrected chi connectivity index (χ2v) is 8.62. The van der Waals surface area contributed by atoms with Crippen LogP contribution in [0.3, 0.4) is 0 Å². The van der Waals surface area contributed by atoms with Crippen molar-refractivity contribution in [2.75, 3.05) is 7.11 Å². The smallest absolute Gasteiger partial charge is 0.275 e. The Hall–Kier alpha value is -2.67. The molecule has 2 aromatic heterocycles. The Morgan fingerprint density at radius 1 is 1.20 bits per heavy atom. The first-order valence-corrected chi connectivity index (χ1v) is 10.8. The lowest BCUT2D eigenvalue weighted by atomic mass is 10.1. The predicted molar refractivity (Wildman–Crippen MR) is 122 cm³/mol. The summed E-state index contributed by atoms with van der Waals surface area (Å²) in [6.45, 7) is 1.76. The number of halogens is 1. The number of methoxy groups -OCH3 is 1. The van der Waals surface area contributed by atoms with E-state index in [-0.39, 0.29) is 11.7 Å². The molecular formula is C23H21ClN2O3S. The van der Waals surface area contributed by atoms with Gasteiger partial charge in [-0.3, -0.25) is 9.36 Å². The summed E-state index contributed by atoms with van der Waals surface area (Å²) in [6.07, 6.45) is 2.51. The monoisotopic (exact) mass is 440 g/mol. The quantitative estimate of drug-likeness (QED) is 0.453. The van der Waals surface area contributed by atoms with E-state index in [1.165, 1.54) is 15.9 Å². The lowest BCUT2D eigenvalue weighted by Crippen LogP contribution is -2.17. The van der Waals surface area contributed by atoms with E-state index >= 15 is 0 Å². The molecular weight excluding hydrogens is 420 g/mol. The topological polar surface area (TPSA) is 64.4 Å². The molecule has 154 valence electrons. The van der Waals surface area contributed by atoms with Crippen LogP contribution in [0.25, 0.3) is 26.3 Å². The number of hydrogen-bond donors (Lipinski definition) is 1. The predicted octanol–water partition coefficient (Wildman–Crippen LogP) is 5.09. The summed E-state index contributed by atoms with van der Waals surface area (Å²) in [4.78, 5) is 18.6. The van der Waals surface area contributed by atoms with Gasteiger partial charge in [0.25, 0.3) is 5.56 Å². The molecule has 5 nitrogen and oxygen atoms in total. The third-order valence-electron chi connectivity index (χ3n) is 4.95. The normalized spacial score (nSPS) is 12.3. The van der Waals surface area contributed by atoms with Gasteiger partial charge in [0.1, 0.15) is 16.8 Å². The highest BCUT2D eigenvalue weighted by atomic mass is 35.5. The van der Waals surface area contributed by atoms with Gasteiger partial charge in [0.05, 0.1) is 24.4 Å². The molecule has 1 N–H and O–H groups in total. The number of aryl methyl sites for hydroxylation is 1. The fourth-order valence-corrected chi connectivity index (χ4v) is 4.48. The largest absolute Gasteiger partial charge is 0.496 e. The van der Waals surface area contributed by atoms with Crippen LogP contribution in [0.15, 0.2) is 59.7 Å². The zero-order chi connectivity index (χ0) is 21.3. The maximum Gasteiger partial charge on any atom is 0.275 e. The molecule has 0 saturated carbocycles. The number of ether oxygens (including phenoxy) is 1. The van der Waals surface area contributed by atoms with Crippen molar-refractivity contribution in [3.63, 3.8) is 0 Å². The molecule has 30 heavy (non-hydrogen) atoms. The highest BCUT2D eigenvalue weighted by Crippen LogP contribution is 2.32. The third kappa shape index (κ3) is 4.12. The van der Waals surface area contributed by atoms with Gasteiger partial charge in [-0.05, 0) is 55.2 Å². The van der Waals surface area contributed by atoms with Crippen LogP contribution in [0, 0.1) is 0 Å². The van der Waals surface area contributed by atoms with Gasteiger partial charge >= 0.3 is 0 Å². The molecule has 4 aromatic rings. The number of nitrogens with zero attached hydrogens (tertiary/aromatic N) is 2. The molecule has 7 heteroatoms.